The van der Waals surface area contributed by atoms with E-state index in [0.717, 1.165) is 11.6 Å². The van der Waals surface area contributed by atoms with Crippen molar-refractivity contribution >= 4 is 5.97 Å². The van der Waals surface area contributed by atoms with Crippen molar-refractivity contribution in [3.8, 4) is 28.7 Å². The predicted octanol–water partition coefficient (Wildman–Crippen LogP) is 5.57. The molecule has 34 heavy (non-hydrogen) atoms. The molecule has 0 saturated carbocycles. The van der Waals surface area contributed by atoms with Gasteiger partial charge in [-0.25, -0.2) is 8.78 Å². The third-order valence-corrected chi connectivity index (χ3v) is 6.17. The first-order valence-corrected chi connectivity index (χ1v) is 10.9. The van der Waals surface area contributed by atoms with Crippen LogP contribution in [0.1, 0.15) is 41.6 Å². The summed E-state index contributed by atoms with van der Waals surface area (Å²) in [4.78, 5) is 11.6. The first kappa shape index (κ1) is 22.0. The Balaban J connectivity index is 1.36. The Labute approximate surface area is 194 Å². The zero-order chi connectivity index (χ0) is 23.8. The maximum atomic E-state index is 14.8. The second-order valence-electron chi connectivity index (χ2n) is 8.29. The molecule has 3 aromatic rings. The number of phenolic OH excluding ortho intramolecular Hbond substituents is 1. The first-order valence-electron chi connectivity index (χ1n) is 10.9. The number of methoxy groups -OCH3 is 1. The fraction of sp³-hybridized carbons (Fsp3) is 0.269. The second-order valence-corrected chi connectivity index (χ2v) is 8.29. The van der Waals surface area contributed by atoms with Crippen LogP contribution in [0.5, 0.6) is 28.7 Å². The van der Waals surface area contributed by atoms with E-state index >= 15 is 0 Å². The van der Waals surface area contributed by atoms with E-state index < -0.39 is 23.5 Å². The molecule has 0 saturated heterocycles. The molecule has 6 nitrogen and oxygen atoms in total. The fourth-order valence-corrected chi connectivity index (χ4v) is 4.48. The number of carbonyl (C=O) groups excluding carboxylic acids is 1. The summed E-state index contributed by atoms with van der Waals surface area (Å²) in [6.45, 7) is 0.382. The number of fused-ring (bicyclic) bond motifs is 2. The van der Waals surface area contributed by atoms with Crippen molar-refractivity contribution in [2.45, 2.75) is 31.3 Å². The van der Waals surface area contributed by atoms with Crippen molar-refractivity contribution in [3.05, 3.63) is 76.9 Å². The normalized spacial score (nSPS) is 18.1. The van der Waals surface area contributed by atoms with Gasteiger partial charge in [-0.15, -0.1) is 0 Å². The van der Waals surface area contributed by atoms with Crippen molar-refractivity contribution in [2.75, 3.05) is 13.7 Å². The molecule has 1 heterocycles. The minimum atomic E-state index is -0.801. The largest absolute Gasteiger partial charge is 0.505 e. The van der Waals surface area contributed by atoms with Crippen LogP contribution in [0.2, 0.25) is 0 Å². The molecule has 176 valence electrons. The van der Waals surface area contributed by atoms with Gasteiger partial charge < -0.3 is 24.1 Å². The SMILES string of the molecule is COC(=O)CC1COc2cc(O[C@@H]3CCc4c(Oc5ccc(O)c(F)c5)ccc(F)c43)ccc21. The lowest BCUT2D eigenvalue weighted by Crippen LogP contribution is -2.09. The Morgan fingerprint density at radius 2 is 1.91 bits per heavy atom. The van der Waals surface area contributed by atoms with Crippen LogP contribution in [-0.2, 0) is 16.0 Å². The number of benzene rings is 3. The lowest BCUT2D eigenvalue weighted by molar-refractivity contribution is -0.141. The van der Waals surface area contributed by atoms with Gasteiger partial charge in [-0.05, 0) is 43.2 Å². The van der Waals surface area contributed by atoms with Gasteiger partial charge in [0, 0.05) is 34.7 Å². The Bertz CT molecular complexity index is 1260. The number of aromatic hydroxyl groups is 1. The number of carbonyl (C=O) groups is 1. The van der Waals surface area contributed by atoms with E-state index in [1.165, 1.54) is 31.4 Å². The van der Waals surface area contributed by atoms with Crippen molar-refractivity contribution in [1.29, 1.82) is 0 Å². The predicted molar refractivity (Wildman–Crippen MR) is 118 cm³/mol. The molecule has 1 aliphatic heterocycles. The lowest BCUT2D eigenvalue weighted by atomic mass is 9.98. The smallest absolute Gasteiger partial charge is 0.306 e. The molecule has 0 spiro atoms. The topological polar surface area (TPSA) is 74.2 Å². The van der Waals surface area contributed by atoms with E-state index in [4.69, 9.17) is 18.9 Å². The average Bonchev–Trinajstić information content (AvgIpc) is 3.43. The van der Waals surface area contributed by atoms with Crippen LogP contribution in [0.4, 0.5) is 8.78 Å². The molecule has 0 fully saturated rings. The van der Waals surface area contributed by atoms with Crippen LogP contribution in [-0.4, -0.2) is 24.8 Å². The lowest BCUT2D eigenvalue weighted by Gasteiger charge is -2.17. The second kappa shape index (κ2) is 8.85. The number of ether oxygens (including phenoxy) is 4. The summed E-state index contributed by atoms with van der Waals surface area (Å²) in [5.74, 6) is -0.277. The van der Waals surface area contributed by atoms with Gasteiger partial charge in [-0.3, -0.25) is 4.79 Å². The minimum absolute atomic E-state index is 0.0782. The average molecular weight is 468 g/mol. The summed E-state index contributed by atoms with van der Waals surface area (Å²) in [5, 5.41) is 9.37. The molecule has 1 N–H and O–H groups in total. The molecule has 2 aliphatic rings. The highest BCUT2D eigenvalue weighted by Gasteiger charge is 2.32. The molecule has 1 unspecified atom stereocenters. The zero-order valence-corrected chi connectivity index (χ0v) is 18.3. The fourth-order valence-electron chi connectivity index (χ4n) is 4.48. The molecular formula is C26H22F2O6. The highest BCUT2D eigenvalue weighted by atomic mass is 19.1. The summed E-state index contributed by atoms with van der Waals surface area (Å²) >= 11 is 0. The van der Waals surface area contributed by atoms with Crippen LogP contribution in [0.15, 0.2) is 48.5 Å². The minimum Gasteiger partial charge on any atom is -0.505 e. The van der Waals surface area contributed by atoms with Gasteiger partial charge in [-0.1, -0.05) is 6.07 Å². The van der Waals surface area contributed by atoms with Gasteiger partial charge in [0.2, 0.25) is 0 Å². The molecule has 8 heteroatoms. The standard InChI is InChI=1S/C26H22F2O6/c1-31-25(30)10-14-13-32-24-12-16(2-4-17(14)24)34-23-8-5-18-22(9-6-19(27)26(18)23)33-15-3-7-21(29)20(28)11-15/h2-4,6-7,9,11-12,14,23,29H,5,8,10,13H2,1H3/t14?,23-/m1/s1. The molecule has 3 aromatic carbocycles. The van der Waals surface area contributed by atoms with Crippen molar-refractivity contribution in [3.63, 3.8) is 0 Å². The van der Waals surface area contributed by atoms with Crippen LogP contribution in [0, 0.1) is 11.6 Å². The van der Waals surface area contributed by atoms with E-state index in [2.05, 4.69) is 0 Å². The zero-order valence-electron chi connectivity index (χ0n) is 18.3. The molecule has 0 aromatic heterocycles. The molecule has 0 bridgehead atoms. The molecular weight excluding hydrogens is 446 g/mol. The third-order valence-electron chi connectivity index (χ3n) is 6.17. The van der Waals surface area contributed by atoms with Gasteiger partial charge in [0.25, 0.3) is 0 Å². The number of esters is 1. The number of rotatable bonds is 6. The van der Waals surface area contributed by atoms with Crippen molar-refractivity contribution in [1.82, 2.24) is 0 Å². The summed E-state index contributed by atoms with van der Waals surface area (Å²) in [5.41, 5.74) is 1.98. The van der Waals surface area contributed by atoms with E-state index in [1.54, 1.807) is 12.1 Å². The van der Waals surface area contributed by atoms with Gasteiger partial charge in [0.1, 0.15) is 34.9 Å². The Hall–Kier alpha value is -3.81. The molecule has 2 atom stereocenters. The van der Waals surface area contributed by atoms with Crippen LogP contribution >= 0.6 is 0 Å². The molecule has 0 radical (unpaired) electrons. The highest BCUT2D eigenvalue weighted by Crippen LogP contribution is 2.44. The maximum Gasteiger partial charge on any atom is 0.306 e. The first-order chi connectivity index (χ1) is 16.4. The summed E-state index contributed by atoms with van der Waals surface area (Å²) in [6.07, 6.45) is 0.773. The van der Waals surface area contributed by atoms with Gasteiger partial charge in [0.15, 0.2) is 11.6 Å². The van der Waals surface area contributed by atoms with Gasteiger partial charge in [-0.2, -0.15) is 0 Å². The number of hydrogen-bond donors (Lipinski definition) is 1. The number of phenols is 1. The number of hydrogen-bond acceptors (Lipinski definition) is 6. The maximum absolute atomic E-state index is 14.8. The van der Waals surface area contributed by atoms with Crippen molar-refractivity contribution < 1.29 is 37.6 Å². The van der Waals surface area contributed by atoms with E-state index in [0.29, 0.717) is 47.8 Å². The quantitative estimate of drug-likeness (QED) is 0.477. The summed E-state index contributed by atoms with van der Waals surface area (Å²) in [7, 11) is 1.36. The molecule has 5 rings (SSSR count). The van der Waals surface area contributed by atoms with E-state index in [1.807, 2.05) is 6.07 Å². The molecule has 1 aliphatic carbocycles. The van der Waals surface area contributed by atoms with Crippen molar-refractivity contribution in [2.24, 2.45) is 0 Å². The summed E-state index contributed by atoms with van der Waals surface area (Å²) < 4.78 is 50.9. The molecule has 0 amide bonds. The van der Waals surface area contributed by atoms with E-state index in [-0.39, 0.29) is 24.1 Å². The summed E-state index contributed by atoms with van der Waals surface area (Å²) in [6, 6.07) is 11.9. The van der Waals surface area contributed by atoms with Crippen LogP contribution < -0.4 is 14.2 Å². The van der Waals surface area contributed by atoms with Gasteiger partial charge in [0.05, 0.1) is 20.1 Å². The van der Waals surface area contributed by atoms with Crippen LogP contribution in [0.3, 0.4) is 0 Å². The highest BCUT2D eigenvalue weighted by molar-refractivity contribution is 5.71. The Morgan fingerprint density at radius 3 is 2.71 bits per heavy atom. The third kappa shape index (κ3) is 4.11. The van der Waals surface area contributed by atoms with Gasteiger partial charge >= 0.3 is 5.97 Å². The van der Waals surface area contributed by atoms with Crippen LogP contribution in [0.25, 0.3) is 0 Å². The Kier molecular flexibility index (Phi) is 5.73. The number of halogens is 2. The Morgan fingerprint density at radius 1 is 1.09 bits per heavy atom. The monoisotopic (exact) mass is 468 g/mol. The van der Waals surface area contributed by atoms with E-state index in [9.17, 15) is 18.7 Å².